The summed E-state index contributed by atoms with van der Waals surface area (Å²) in [7, 11) is 1.63. The number of carbonyl (C=O) groups excluding carboxylic acids is 1. The lowest BCUT2D eigenvalue weighted by atomic mass is 10.3. The van der Waals surface area contributed by atoms with Gasteiger partial charge >= 0.3 is 0 Å². The fourth-order valence-electron chi connectivity index (χ4n) is 2.29. The van der Waals surface area contributed by atoms with Gasteiger partial charge in [0.05, 0.1) is 32.3 Å². The van der Waals surface area contributed by atoms with Crippen LogP contribution in [0.4, 0.5) is 5.69 Å². The number of anilines is 1. The van der Waals surface area contributed by atoms with E-state index in [4.69, 9.17) is 4.74 Å². The standard InChI is InChI=1S/C18H20N6O2/c1-26-15-7-5-13(6-8-15)20-12-17-22-16(23-24-17)10-18(25)21-11-14-4-2-3-9-19-14/h2-9,20H,10-12H2,1H3,(H,21,25)(H,22,23,24). The number of ether oxygens (including phenoxy) is 1. The first kappa shape index (κ1) is 17.4. The van der Waals surface area contributed by atoms with E-state index in [-0.39, 0.29) is 12.3 Å². The summed E-state index contributed by atoms with van der Waals surface area (Å²) in [6.07, 6.45) is 1.81. The van der Waals surface area contributed by atoms with Crippen molar-refractivity contribution in [2.75, 3.05) is 12.4 Å². The van der Waals surface area contributed by atoms with E-state index in [0.29, 0.717) is 24.7 Å². The van der Waals surface area contributed by atoms with Gasteiger partial charge in [0.1, 0.15) is 11.6 Å². The topological polar surface area (TPSA) is 105 Å². The number of benzene rings is 1. The van der Waals surface area contributed by atoms with Gasteiger partial charge < -0.3 is 15.4 Å². The Bertz CT molecular complexity index is 832. The maximum absolute atomic E-state index is 12.0. The minimum absolute atomic E-state index is 0.117. The van der Waals surface area contributed by atoms with E-state index in [0.717, 1.165) is 17.1 Å². The molecule has 1 amide bonds. The first-order chi connectivity index (χ1) is 12.7. The largest absolute Gasteiger partial charge is 0.497 e. The van der Waals surface area contributed by atoms with Crippen molar-refractivity contribution in [1.29, 1.82) is 0 Å². The third-order valence-electron chi connectivity index (χ3n) is 3.64. The SMILES string of the molecule is COc1ccc(NCc2nc(CC(=O)NCc3ccccn3)n[nH]2)cc1. The van der Waals surface area contributed by atoms with Crippen LogP contribution in [0.15, 0.2) is 48.7 Å². The smallest absolute Gasteiger partial charge is 0.228 e. The molecule has 0 aliphatic rings. The lowest BCUT2D eigenvalue weighted by molar-refractivity contribution is -0.120. The number of pyridine rings is 1. The number of amides is 1. The molecule has 0 aliphatic heterocycles. The quantitative estimate of drug-likeness (QED) is 0.570. The zero-order chi connectivity index (χ0) is 18.2. The van der Waals surface area contributed by atoms with Crippen LogP contribution in [0.1, 0.15) is 17.3 Å². The van der Waals surface area contributed by atoms with Gasteiger partial charge in [-0.2, -0.15) is 5.10 Å². The Labute approximate surface area is 151 Å². The minimum atomic E-state index is -0.149. The van der Waals surface area contributed by atoms with Crippen molar-refractivity contribution in [1.82, 2.24) is 25.5 Å². The second kappa shape index (κ2) is 8.61. The van der Waals surface area contributed by atoms with Gasteiger partial charge in [-0.3, -0.25) is 14.9 Å². The van der Waals surface area contributed by atoms with E-state index in [1.54, 1.807) is 13.3 Å². The van der Waals surface area contributed by atoms with Gasteiger partial charge in [-0.05, 0) is 36.4 Å². The van der Waals surface area contributed by atoms with E-state index in [9.17, 15) is 4.79 Å². The highest BCUT2D eigenvalue weighted by Crippen LogP contribution is 2.15. The van der Waals surface area contributed by atoms with Crippen molar-refractivity contribution in [2.24, 2.45) is 0 Å². The number of methoxy groups -OCH3 is 1. The highest BCUT2D eigenvalue weighted by Gasteiger charge is 2.09. The van der Waals surface area contributed by atoms with Gasteiger partial charge in [0, 0.05) is 11.9 Å². The summed E-state index contributed by atoms with van der Waals surface area (Å²) >= 11 is 0. The average molecular weight is 352 g/mol. The monoisotopic (exact) mass is 352 g/mol. The van der Waals surface area contributed by atoms with Gasteiger partial charge in [0.15, 0.2) is 5.82 Å². The molecule has 0 bridgehead atoms. The van der Waals surface area contributed by atoms with Crippen LogP contribution in [0, 0.1) is 0 Å². The summed E-state index contributed by atoms with van der Waals surface area (Å²) in [6.45, 7) is 0.866. The highest BCUT2D eigenvalue weighted by molar-refractivity contribution is 5.77. The molecule has 0 unspecified atom stereocenters. The first-order valence-electron chi connectivity index (χ1n) is 8.17. The minimum Gasteiger partial charge on any atom is -0.497 e. The van der Waals surface area contributed by atoms with Crippen LogP contribution in [0.2, 0.25) is 0 Å². The van der Waals surface area contributed by atoms with Crippen molar-refractivity contribution < 1.29 is 9.53 Å². The molecule has 8 nitrogen and oxygen atoms in total. The molecule has 0 radical (unpaired) electrons. The van der Waals surface area contributed by atoms with Crippen molar-refractivity contribution in [3.63, 3.8) is 0 Å². The normalized spacial score (nSPS) is 10.3. The van der Waals surface area contributed by atoms with E-state index in [2.05, 4.69) is 30.8 Å². The van der Waals surface area contributed by atoms with Gasteiger partial charge in [-0.25, -0.2) is 4.98 Å². The molecule has 0 fully saturated rings. The fraction of sp³-hybridized carbons (Fsp3) is 0.222. The highest BCUT2D eigenvalue weighted by atomic mass is 16.5. The van der Waals surface area contributed by atoms with Crippen molar-refractivity contribution in [3.05, 3.63) is 66.0 Å². The summed E-state index contributed by atoms with van der Waals surface area (Å²) < 4.78 is 5.12. The number of aromatic amines is 1. The Morgan fingerprint density at radius 1 is 1.15 bits per heavy atom. The molecule has 0 spiro atoms. The molecule has 2 aromatic heterocycles. The summed E-state index contributed by atoms with van der Waals surface area (Å²) in [5.74, 6) is 1.77. The fourth-order valence-corrected chi connectivity index (χ4v) is 2.29. The Hall–Kier alpha value is -3.42. The van der Waals surface area contributed by atoms with E-state index in [1.807, 2.05) is 42.5 Å². The van der Waals surface area contributed by atoms with Crippen molar-refractivity contribution in [2.45, 2.75) is 19.5 Å². The van der Waals surface area contributed by atoms with E-state index >= 15 is 0 Å². The molecule has 8 heteroatoms. The molecule has 3 aromatic rings. The number of aromatic nitrogens is 4. The molecular formula is C18H20N6O2. The van der Waals surface area contributed by atoms with Gasteiger partial charge in [0.2, 0.25) is 5.91 Å². The number of nitrogens with zero attached hydrogens (tertiary/aromatic N) is 3. The lowest BCUT2D eigenvalue weighted by Crippen LogP contribution is -2.25. The molecule has 3 rings (SSSR count). The predicted molar refractivity (Wildman–Crippen MR) is 96.5 cm³/mol. The third-order valence-corrected chi connectivity index (χ3v) is 3.64. The molecule has 1 aromatic carbocycles. The molecule has 0 aliphatic carbocycles. The molecule has 134 valence electrons. The third kappa shape index (κ3) is 5.04. The molecule has 0 saturated heterocycles. The Balaban J connectivity index is 1.45. The zero-order valence-corrected chi connectivity index (χ0v) is 14.4. The Morgan fingerprint density at radius 2 is 2.00 bits per heavy atom. The van der Waals surface area contributed by atoms with E-state index in [1.165, 1.54) is 0 Å². The van der Waals surface area contributed by atoms with Crippen LogP contribution in [0.3, 0.4) is 0 Å². The first-order valence-corrected chi connectivity index (χ1v) is 8.17. The second-order valence-corrected chi connectivity index (χ2v) is 5.55. The van der Waals surface area contributed by atoms with Crippen LogP contribution in [0.5, 0.6) is 5.75 Å². The van der Waals surface area contributed by atoms with Crippen LogP contribution in [0.25, 0.3) is 0 Å². The number of H-pyrrole nitrogens is 1. The second-order valence-electron chi connectivity index (χ2n) is 5.55. The van der Waals surface area contributed by atoms with Gasteiger partial charge in [-0.15, -0.1) is 0 Å². The maximum Gasteiger partial charge on any atom is 0.228 e. The molecule has 2 heterocycles. The predicted octanol–water partition coefficient (Wildman–Crippen LogP) is 1.68. The number of carbonyl (C=O) groups is 1. The Morgan fingerprint density at radius 3 is 2.73 bits per heavy atom. The van der Waals surface area contributed by atoms with Gasteiger partial charge in [0.25, 0.3) is 0 Å². The average Bonchev–Trinajstić information content (AvgIpc) is 3.13. The maximum atomic E-state index is 12.0. The molecule has 0 atom stereocenters. The van der Waals surface area contributed by atoms with Crippen LogP contribution < -0.4 is 15.4 Å². The van der Waals surface area contributed by atoms with Crippen LogP contribution in [-0.4, -0.2) is 33.2 Å². The number of hydrogen-bond acceptors (Lipinski definition) is 6. The van der Waals surface area contributed by atoms with Crippen molar-refractivity contribution >= 4 is 11.6 Å². The molecule has 26 heavy (non-hydrogen) atoms. The molecular weight excluding hydrogens is 332 g/mol. The van der Waals surface area contributed by atoms with Crippen molar-refractivity contribution in [3.8, 4) is 5.75 Å². The summed E-state index contributed by atoms with van der Waals surface area (Å²) in [5.41, 5.74) is 1.75. The number of hydrogen-bond donors (Lipinski definition) is 3. The van der Waals surface area contributed by atoms with Gasteiger partial charge in [-0.1, -0.05) is 6.07 Å². The summed E-state index contributed by atoms with van der Waals surface area (Å²) in [5, 5.41) is 12.9. The van der Waals surface area contributed by atoms with Crippen LogP contribution in [-0.2, 0) is 24.3 Å². The number of nitrogens with one attached hydrogen (secondary N) is 3. The zero-order valence-electron chi connectivity index (χ0n) is 14.4. The summed E-state index contributed by atoms with van der Waals surface area (Å²) in [4.78, 5) is 20.5. The molecule has 0 saturated carbocycles. The lowest BCUT2D eigenvalue weighted by Gasteiger charge is -2.05. The Kier molecular flexibility index (Phi) is 5.76. The molecule has 3 N–H and O–H groups in total. The number of rotatable bonds is 8. The van der Waals surface area contributed by atoms with E-state index < -0.39 is 0 Å². The summed E-state index contributed by atoms with van der Waals surface area (Å²) in [6, 6.07) is 13.2. The van der Waals surface area contributed by atoms with Crippen LogP contribution >= 0.6 is 0 Å².